The summed E-state index contributed by atoms with van der Waals surface area (Å²) in [5.41, 5.74) is 7.13. The van der Waals surface area contributed by atoms with Gasteiger partial charge in [0.15, 0.2) is 0 Å². The number of rotatable bonds is 1. The highest BCUT2D eigenvalue weighted by atomic mass is 32.1. The second-order valence-electron chi connectivity index (χ2n) is 2.89. The van der Waals surface area contributed by atoms with Crippen molar-refractivity contribution in [1.82, 2.24) is 4.98 Å². The van der Waals surface area contributed by atoms with E-state index in [1.165, 1.54) is 0 Å². The molecule has 4 heteroatoms. The molecule has 0 aliphatic heterocycles. The lowest BCUT2D eigenvalue weighted by atomic mass is 10.2. The van der Waals surface area contributed by atoms with E-state index in [4.69, 9.17) is 5.73 Å². The minimum atomic E-state index is 0.263. The molecule has 0 saturated carbocycles. The number of thiazole rings is 1. The number of aryl methyl sites for hydroxylation is 1. The summed E-state index contributed by atoms with van der Waals surface area (Å²) in [5, 5.41) is 10.5. The minimum Gasteiger partial charge on any atom is -0.508 e. The van der Waals surface area contributed by atoms with Crippen molar-refractivity contribution < 1.29 is 5.11 Å². The van der Waals surface area contributed by atoms with E-state index < -0.39 is 0 Å². The molecule has 2 aromatic rings. The second kappa shape index (κ2) is 2.97. The summed E-state index contributed by atoms with van der Waals surface area (Å²) in [4.78, 5) is 4.31. The normalized spacial score (nSPS) is 10.9. The first-order valence-corrected chi connectivity index (χ1v) is 4.81. The van der Waals surface area contributed by atoms with Crippen LogP contribution in [0.4, 0.5) is 0 Å². The van der Waals surface area contributed by atoms with E-state index >= 15 is 0 Å². The number of nitrogens with zero attached hydrogens (tertiary/aromatic N) is 1. The Hall–Kier alpha value is -1.13. The van der Waals surface area contributed by atoms with Gasteiger partial charge < -0.3 is 10.8 Å². The largest absolute Gasteiger partial charge is 0.508 e. The molecule has 68 valence electrons. The summed E-state index contributed by atoms with van der Waals surface area (Å²) >= 11 is 1.57. The topological polar surface area (TPSA) is 59.1 Å². The molecule has 0 radical (unpaired) electrons. The summed E-state index contributed by atoms with van der Waals surface area (Å²) in [6, 6.07) is 3.57. The summed E-state index contributed by atoms with van der Waals surface area (Å²) in [6.45, 7) is 2.29. The van der Waals surface area contributed by atoms with Crippen molar-refractivity contribution in [3.8, 4) is 5.75 Å². The molecule has 13 heavy (non-hydrogen) atoms. The standard InChI is InChI=1S/C9H10N2OS/c1-5-11-7-2-6(4-10)8(12)3-9(7)13-5/h2-3,12H,4,10H2,1H3. The van der Waals surface area contributed by atoms with Crippen LogP contribution < -0.4 is 5.73 Å². The lowest BCUT2D eigenvalue weighted by Crippen LogP contribution is -1.96. The van der Waals surface area contributed by atoms with E-state index in [0.717, 1.165) is 20.8 Å². The zero-order valence-electron chi connectivity index (χ0n) is 7.24. The number of benzene rings is 1. The summed E-state index contributed by atoms with van der Waals surface area (Å²) < 4.78 is 1.01. The Morgan fingerprint density at radius 3 is 3.00 bits per heavy atom. The summed E-state index contributed by atoms with van der Waals surface area (Å²) in [5.74, 6) is 0.263. The first-order valence-electron chi connectivity index (χ1n) is 4.00. The van der Waals surface area contributed by atoms with E-state index in [9.17, 15) is 5.11 Å². The van der Waals surface area contributed by atoms with Gasteiger partial charge in [-0.3, -0.25) is 0 Å². The zero-order chi connectivity index (χ0) is 9.42. The molecule has 1 heterocycles. The van der Waals surface area contributed by atoms with E-state index in [2.05, 4.69) is 4.98 Å². The van der Waals surface area contributed by atoms with Crippen LogP contribution in [0.15, 0.2) is 12.1 Å². The Balaban J connectivity index is 2.72. The molecule has 0 aliphatic carbocycles. The van der Waals surface area contributed by atoms with Gasteiger partial charge in [-0.2, -0.15) is 0 Å². The lowest BCUT2D eigenvalue weighted by molar-refractivity contribution is 0.469. The summed E-state index contributed by atoms with van der Waals surface area (Å²) in [6.07, 6.45) is 0. The van der Waals surface area contributed by atoms with Gasteiger partial charge in [0.2, 0.25) is 0 Å². The Bertz CT molecular complexity index is 450. The van der Waals surface area contributed by atoms with Crippen molar-refractivity contribution >= 4 is 21.6 Å². The molecular weight excluding hydrogens is 184 g/mol. The molecule has 1 aromatic heterocycles. The number of hydrogen-bond donors (Lipinski definition) is 2. The van der Waals surface area contributed by atoms with Crippen molar-refractivity contribution in [2.75, 3.05) is 0 Å². The average Bonchev–Trinajstić information content (AvgIpc) is 2.42. The number of aromatic hydroxyl groups is 1. The maximum atomic E-state index is 9.52. The molecule has 0 atom stereocenters. The molecule has 0 unspecified atom stereocenters. The molecule has 0 spiro atoms. The number of phenols is 1. The van der Waals surface area contributed by atoms with E-state index in [-0.39, 0.29) is 5.75 Å². The van der Waals surface area contributed by atoms with Crippen molar-refractivity contribution in [1.29, 1.82) is 0 Å². The number of hydrogen-bond acceptors (Lipinski definition) is 4. The molecule has 3 N–H and O–H groups in total. The predicted molar refractivity (Wildman–Crippen MR) is 53.9 cm³/mol. The quantitative estimate of drug-likeness (QED) is 0.727. The van der Waals surface area contributed by atoms with Gasteiger partial charge in [-0.25, -0.2) is 4.98 Å². The van der Waals surface area contributed by atoms with Gasteiger partial charge in [-0.15, -0.1) is 11.3 Å². The fourth-order valence-electron chi connectivity index (χ4n) is 1.29. The van der Waals surface area contributed by atoms with Crippen molar-refractivity contribution in [3.63, 3.8) is 0 Å². The third-order valence-electron chi connectivity index (χ3n) is 1.92. The number of nitrogens with two attached hydrogens (primary N) is 1. The molecule has 1 aromatic carbocycles. The molecule has 0 fully saturated rings. The highest BCUT2D eigenvalue weighted by Crippen LogP contribution is 2.28. The highest BCUT2D eigenvalue weighted by Gasteiger charge is 2.05. The first kappa shape index (κ1) is 8.47. The fraction of sp³-hybridized carbons (Fsp3) is 0.222. The number of phenolic OH excluding ortho intramolecular Hbond substituents is 1. The van der Waals surface area contributed by atoms with Crippen molar-refractivity contribution in [3.05, 3.63) is 22.7 Å². The first-order chi connectivity index (χ1) is 6.20. The zero-order valence-corrected chi connectivity index (χ0v) is 8.06. The van der Waals surface area contributed by atoms with Crippen LogP contribution in [0.5, 0.6) is 5.75 Å². The maximum absolute atomic E-state index is 9.52. The highest BCUT2D eigenvalue weighted by molar-refractivity contribution is 7.18. The van der Waals surface area contributed by atoms with Gasteiger partial charge in [-0.1, -0.05) is 0 Å². The Kier molecular flexibility index (Phi) is 1.94. The van der Waals surface area contributed by atoms with Gasteiger partial charge in [0, 0.05) is 12.1 Å². The molecule has 3 nitrogen and oxygen atoms in total. The van der Waals surface area contributed by atoms with Crippen molar-refractivity contribution in [2.24, 2.45) is 5.73 Å². The van der Waals surface area contributed by atoms with E-state index in [0.29, 0.717) is 6.54 Å². The van der Waals surface area contributed by atoms with Gasteiger partial charge in [0.05, 0.1) is 15.2 Å². The van der Waals surface area contributed by atoms with Crippen LogP contribution in [0.1, 0.15) is 10.6 Å². The minimum absolute atomic E-state index is 0.263. The van der Waals surface area contributed by atoms with Gasteiger partial charge >= 0.3 is 0 Å². The van der Waals surface area contributed by atoms with Crippen LogP contribution in [-0.4, -0.2) is 10.1 Å². The fourth-order valence-corrected chi connectivity index (χ4v) is 2.13. The van der Waals surface area contributed by atoms with Crippen LogP contribution >= 0.6 is 11.3 Å². The van der Waals surface area contributed by atoms with Crippen LogP contribution in [0.25, 0.3) is 10.2 Å². The van der Waals surface area contributed by atoms with Crippen LogP contribution in [-0.2, 0) is 6.54 Å². The monoisotopic (exact) mass is 194 g/mol. The Morgan fingerprint density at radius 2 is 2.31 bits per heavy atom. The van der Waals surface area contributed by atoms with E-state index in [1.807, 2.05) is 13.0 Å². The third-order valence-corrected chi connectivity index (χ3v) is 2.85. The molecule has 0 saturated heterocycles. The van der Waals surface area contributed by atoms with Crippen LogP contribution in [0.3, 0.4) is 0 Å². The Morgan fingerprint density at radius 1 is 1.54 bits per heavy atom. The Labute approximate surface area is 79.8 Å². The smallest absolute Gasteiger partial charge is 0.121 e. The molecule has 2 rings (SSSR count). The maximum Gasteiger partial charge on any atom is 0.121 e. The van der Waals surface area contributed by atoms with E-state index in [1.54, 1.807) is 17.4 Å². The molecular formula is C9H10N2OS. The van der Waals surface area contributed by atoms with Gasteiger partial charge in [0.25, 0.3) is 0 Å². The van der Waals surface area contributed by atoms with Gasteiger partial charge in [-0.05, 0) is 19.1 Å². The molecule has 0 bridgehead atoms. The van der Waals surface area contributed by atoms with Gasteiger partial charge in [0.1, 0.15) is 5.75 Å². The number of fused-ring (bicyclic) bond motifs is 1. The molecule has 0 aliphatic rings. The van der Waals surface area contributed by atoms with Crippen LogP contribution in [0, 0.1) is 6.92 Å². The third kappa shape index (κ3) is 1.38. The SMILES string of the molecule is Cc1nc2cc(CN)c(O)cc2s1. The average molecular weight is 194 g/mol. The second-order valence-corrected chi connectivity index (χ2v) is 4.12. The summed E-state index contributed by atoms with van der Waals surface area (Å²) in [7, 11) is 0. The predicted octanol–water partition coefficient (Wildman–Crippen LogP) is 1.77. The molecule has 0 amide bonds. The lowest BCUT2D eigenvalue weighted by Gasteiger charge is -1.99. The van der Waals surface area contributed by atoms with Crippen LogP contribution in [0.2, 0.25) is 0 Å². The van der Waals surface area contributed by atoms with Crippen molar-refractivity contribution in [2.45, 2.75) is 13.5 Å². The number of aromatic nitrogens is 1.